The fourth-order valence-corrected chi connectivity index (χ4v) is 2.01. The molecule has 0 bridgehead atoms. The summed E-state index contributed by atoms with van der Waals surface area (Å²) in [4.78, 5) is 19.4. The Morgan fingerprint density at radius 3 is 2.78 bits per heavy atom. The Kier molecular flexibility index (Phi) is 3.99. The van der Waals surface area contributed by atoms with Crippen LogP contribution in [0.1, 0.15) is 10.4 Å². The number of benzene rings is 1. The standard InChI is InChI=1S/C12H8F2N2OS/c13-8-1-2-9(10(14)5-8)11(17)6-18-12-3-4-15-7-16-12/h1-5,7H,6H2. The van der Waals surface area contributed by atoms with Crippen LogP contribution in [0.25, 0.3) is 0 Å². The van der Waals surface area contributed by atoms with Crippen molar-refractivity contribution >= 4 is 17.5 Å². The van der Waals surface area contributed by atoms with Gasteiger partial charge in [0.15, 0.2) is 5.78 Å². The first-order valence-corrected chi connectivity index (χ1v) is 6.02. The Morgan fingerprint density at radius 1 is 1.28 bits per heavy atom. The van der Waals surface area contributed by atoms with E-state index in [1.165, 1.54) is 18.1 Å². The molecule has 3 nitrogen and oxygen atoms in total. The first-order valence-electron chi connectivity index (χ1n) is 5.04. The predicted molar refractivity (Wildman–Crippen MR) is 63.4 cm³/mol. The molecule has 0 radical (unpaired) electrons. The quantitative estimate of drug-likeness (QED) is 0.485. The van der Waals surface area contributed by atoms with Gasteiger partial charge in [-0.05, 0) is 18.2 Å². The first-order chi connectivity index (χ1) is 8.66. The van der Waals surface area contributed by atoms with Crippen LogP contribution in [0.3, 0.4) is 0 Å². The average molecular weight is 266 g/mol. The number of rotatable bonds is 4. The first kappa shape index (κ1) is 12.6. The number of aromatic nitrogens is 2. The normalized spacial score (nSPS) is 10.3. The zero-order valence-electron chi connectivity index (χ0n) is 9.14. The second-order valence-electron chi connectivity index (χ2n) is 3.38. The van der Waals surface area contributed by atoms with Crippen LogP contribution < -0.4 is 0 Å². The summed E-state index contributed by atoms with van der Waals surface area (Å²) in [6.45, 7) is 0. The fraction of sp³-hybridized carbons (Fsp3) is 0.0833. The van der Waals surface area contributed by atoms with Crippen molar-refractivity contribution in [3.63, 3.8) is 0 Å². The zero-order chi connectivity index (χ0) is 13.0. The molecule has 0 aliphatic rings. The van der Waals surface area contributed by atoms with E-state index < -0.39 is 17.4 Å². The Morgan fingerprint density at radius 2 is 2.11 bits per heavy atom. The molecule has 6 heteroatoms. The molecule has 92 valence electrons. The minimum absolute atomic E-state index is 0.0412. The minimum atomic E-state index is -0.844. The molecule has 0 atom stereocenters. The van der Waals surface area contributed by atoms with Crippen LogP contribution in [0.4, 0.5) is 8.78 Å². The lowest BCUT2D eigenvalue weighted by atomic mass is 10.1. The summed E-state index contributed by atoms with van der Waals surface area (Å²) in [5, 5.41) is 0.626. The predicted octanol–water partition coefficient (Wildman–Crippen LogP) is 2.73. The van der Waals surface area contributed by atoms with Gasteiger partial charge in [0.25, 0.3) is 0 Å². The number of thioether (sulfide) groups is 1. The molecule has 0 spiro atoms. The Labute approximate surface area is 106 Å². The maximum absolute atomic E-state index is 13.3. The molecule has 0 aliphatic heterocycles. The summed E-state index contributed by atoms with van der Waals surface area (Å²) in [7, 11) is 0. The minimum Gasteiger partial charge on any atom is -0.293 e. The lowest BCUT2D eigenvalue weighted by molar-refractivity contribution is 0.101. The summed E-state index contributed by atoms with van der Waals surface area (Å²) >= 11 is 1.18. The highest BCUT2D eigenvalue weighted by molar-refractivity contribution is 7.99. The molecule has 1 heterocycles. The molecule has 1 aromatic heterocycles. The third-order valence-electron chi connectivity index (χ3n) is 2.14. The summed E-state index contributed by atoms with van der Waals surface area (Å²) in [6.07, 6.45) is 2.92. The van der Waals surface area contributed by atoms with Crippen LogP contribution in [0.15, 0.2) is 41.8 Å². The van der Waals surface area contributed by atoms with E-state index >= 15 is 0 Å². The molecule has 0 aliphatic carbocycles. The van der Waals surface area contributed by atoms with Crippen LogP contribution in [0.2, 0.25) is 0 Å². The van der Waals surface area contributed by atoms with Crippen molar-refractivity contribution in [2.24, 2.45) is 0 Å². The Hall–Kier alpha value is -1.82. The van der Waals surface area contributed by atoms with E-state index in [2.05, 4.69) is 9.97 Å². The number of halogens is 2. The van der Waals surface area contributed by atoms with E-state index in [0.717, 1.165) is 12.1 Å². The number of Topliss-reactive ketones (excluding diaryl/α,β-unsaturated/α-hetero) is 1. The Balaban J connectivity index is 2.04. The van der Waals surface area contributed by atoms with Gasteiger partial charge in [0, 0.05) is 12.3 Å². The summed E-state index contributed by atoms with van der Waals surface area (Å²) in [5.41, 5.74) is -0.113. The summed E-state index contributed by atoms with van der Waals surface area (Å²) < 4.78 is 26.0. The second-order valence-corrected chi connectivity index (χ2v) is 4.38. The third-order valence-corrected chi connectivity index (χ3v) is 3.08. The van der Waals surface area contributed by atoms with Crippen LogP contribution in [-0.4, -0.2) is 21.5 Å². The van der Waals surface area contributed by atoms with Crippen LogP contribution >= 0.6 is 11.8 Å². The van der Waals surface area contributed by atoms with E-state index in [1.807, 2.05) is 0 Å². The maximum atomic E-state index is 13.3. The van der Waals surface area contributed by atoms with Gasteiger partial charge in [-0.15, -0.1) is 0 Å². The summed E-state index contributed by atoms with van der Waals surface area (Å²) in [5.74, 6) is -1.91. The van der Waals surface area contributed by atoms with Crippen LogP contribution in [0.5, 0.6) is 0 Å². The maximum Gasteiger partial charge on any atom is 0.176 e. The number of ketones is 1. The molecular formula is C12H8F2N2OS. The third kappa shape index (κ3) is 3.10. The van der Waals surface area contributed by atoms with Gasteiger partial charge in [0.2, 0.25) is 0 Å². The van der Waals surface area contributed by atoms with Gasteiger partial charge < -0.3 is 0 Å². The molecule has 0 unspecified atom stereocenters. The SMILES string of the molecule is O=C(CSc1ccncn1)c1ccc(F)cc1F. The largest absolute Gasteiger partial charge is 0.293 e. The molecular weight excluding hydrogens is 258 g/mol. The van der Waals surface area contributed by atoms with Gasteiger partial charge in [-0.3, -0.25) is 4.79 Å². The molecule has 18 heavy (non-hydrogen) atoms. The van der Waals surface area contributed by atoms with E-state index in [0.29, 0.717) is 11.1 Å². The topological polar surface area (TPSA) is 42.9 Å². The van der Waals surface area contributed by atoms with Crippen LogP contribution in [-0.2, 0) is 0 Å². The van der Waals surface area contributed by atoms with Crippen molar-refractivity contribution in [2.45, 2.75) is 5.03 Å². The van der Waals surface area contributed by atoms with Crippen molar-refractivity contribution in [2.75, 3.05) is 5.75 Å². The summed E-state index contributed by atoms with van der Waals surface area (Å²) in [6, 6.07) is 4.56. The fourth-order valence-electron chi connectivity index (χ4n) is 1.30. The molecule has 0 fully saturated rings. The van der Waals surface area contributed by atoms with Gasteiger partial charge >= 0.3 is 0 Å². The second kappa shape index (κ2) is 5.68. The van der Waals surface area contributed by atoms with Crippen LogP contribution in [0, 0.1) is 11.6 Å². The molecule has 0 amide bonds. The molecule has 1 aromatic carbocycles. The van der Waals surface area contributed by atoms with Crippen molar-refractivity contribution in [1.82, 2.24) is 9.97 Å². The van der Waals surface area contributed by atoms with Crippen molar-refractivity contribution in [3.8, 4) is 0 Å². The monoisotopic (exact) mass is 266 g/mol. The highest BCUT2D eigenvalue weighted by Crippen LogP contribution is 2.17. The van der Waals surface area contributed by atoms with Gasteiger partial charge in [-0.25, -0.2) is 18.7 Å². The molecule has 0 N–H and O–H groups in total. The lowest BCUT2D eigenvalue weighted by Gasteiger charge is -2.02. The van der Waals surface area contributed by atoms with E-state index in [4.69, 9.17) is 0 Å². The highest BCUT2D eigenvalue weighted by atomic mass is 32.2. The van der Waals surface area contributed by atoms with Gasteiger partial charge in [-0.2, -0.15) is 0 Å². The lowest BCUT2D eigenvalue weighted by Crippen LogP contribution is -2.05. The smallest absolute Gasteiger partial charge is 0.176 e. The van der Waals surface area contributed by atoms with Crippen molar-refractivity contribution in [3.05, 3.63) is 54.0 Å². The van der Waals surface area contributed by atoms with E-state index in [9.17, 15) is 13.6 Å². The van der Waals surface area contributed by atoms with Gasteiger partial charge in [0.05, 0.1) is 16.3 Å². The number of carbonyl (C=O) groups excluding carboxylic acids is 1. The molecule has 2 aromatic rings. The van der Waals surface area contributed by atoms with Gasteiger partial charge in [-0.1, -0.05) is 11.8 Å². The Bertz CT molecular complexity index is 563. The molecule has 2 rings (SSSR count). The average Bonchev–Trinajstić information content (AvgIpc) is 2.37. The molecule has 0 saturated carbocycles. The van der Waals surface area contributed by atoms with Gasteiger partial charge in [0.1, 0.15) is 18.0 Å². The zero-order valence-corrected chi connectivity index (χ0v) is 9.95. The number of carbonyl (C=O) groups is 1. The van der Waals surface area contributed by atoms with Crippen molar-refractivity contribution < 1.29 is 13.6 Å². The number of hydrogen-bond acceptors (Lipinski definition) is 4. The van der Waals surface area contributed by atoms with Crippen molar-refractivity contribution in [1.29, 1.82) is 0 Å². The number of nitrogens with zero attached hydrogens (tertiary/aromatic N) is 2. The van der Waals surface area contributed by atoms with E-state index in [1.54, 1.807) is 12.3 Å². The molecule has 0 saturated heterocycles. The van der Waals surface area contributed by atoms with E-state index in [-0.39, 0.29) is 11.3 Å². The highest BCUT2D eigenvalue weighted by Gasteiger charge is 2.12. The number of hydrogen-bond donors (Lipinski definition) is 0.